The molecule has 0 unspecified atom stereocenters. The minimum Gasteiger partial charge on any atom is -0.277 e. The number of aromatic nitrogens is 3. The van der Waals surface area contributed by atoms with Gasteiger partial charge in [-0.3, -0.25) is 8.80 Å². The van der Waals surface area contributed by atoms with Crippen LogP contribution in [0.3, 0.4) is 0 Å². The molecule has 36 heavy (non-hydrogen) atoms. The topological polar surface area (TPSA) is 21.7 Å². The third-order valence-electron chi connectivity index (χ3n) is 7.78. The summed E-state index contributed by atoms with van der Waals surface area (Å²) in [6, 6.07) is 35.5. The van der Waals surface area contributed by atoms with Crippen molar-refractivity contribution in [3.05, 3.63) is 103 Å². The van der Waals surface area contributed by atoms with Crippen molar-refractivity contribution >= 4 is 54.9 Å². The van der Waals surface area contributed by atoms with Gasteiger partial charge in [-0.2, -0.15) is 0 Å². The normalized spacial score (nSPS) is 12.9. The maximum Gasteiger partial charge on any atom is 0.220 e. The number of para-hydroxylation sites is 2. The molecule has 0 amide bonds. The van der Waals surface area contributed by atoms with Crippen LogP contribution in [-0.4, -0.2) is 13.8 Å². The number of rotatable bonds is 1. The molecule has 3 nitrogen and oxygen atoms in total. The van der Waals surface area contributed by atoms with Gasteiger partial charge >= 0.3 is 0 Å². The standard InChI is InChI=1S/C33H25N3/c1-33(2,3)24-14-12-20(13-15-24)23-17-26-25-16-21-8-4-5-9-22(21)18-29(25)36-31(26)30(19-23)35-28-11-7-6-10-27(28)34-32(35)36/h4-19H,1-3H3. The van der Waals surface area contributed by atoms with Gasteiger partial charge in [-0.15, -0.1) is 0 Å². The summed E-state index contributed by atoms with van der Waals surface area (Å²) >= 11 is 0. The molecule has 8 aromatic rings. The van der Waals surface area contributed by atoms with Crippen LogP contribution in [0.5, 0.6) is 0 Å². The van der Waals surface area contributed by atoms with E-state index in [-0.39, 0.29) is 5.41 Å². The van der Waals surface area contributed by atoms with Gasteiger partial charge in [-0.05, 0) is 69.3 Å². The Morgan fingerprint density at radius 2 is 1.31 bits per heavy atom. The highest BCUT2D eigenvalue weighted by Gasteiger charge is 2.22. The molecule has 172 valence electrons. The smallest absolute Gasteiger partial charge is 0.220 e. The van der Waals surface area contributed by atoms with Crippen molar-refractivity contribution in [2.45, 2.75) is 26.2 Å². The molecule has 0 aliphatic carbocycles. The molecule has 0 saturated carbocycles. The Bertz CT molecular complexity index is 2120. The van der Waals surface area contributed by atoms with E-state index in [2.05, 4.69) is 127 Å². The van der Waals surface area contributed by atoms with E-state index in [4.69, 9.17) is 4.98 Å². The number of hydrogen-bond acceptors (Lipinski definition) is 1. The fourth-order valence-electron chi connectivity index (χ4n) is 5.92. The molecule has 3 aromatic heterocycles. The lowest BCUT2D eigenvalue weighted by molar-refractivity contribution is 0.590. The van der Waals surface area contributed by atoms with Crippen LogP contribution < -0.4 is 0 Å². The summed E-state index contributed by atoms with van der Waals surface area (Å²) in [7, 11) is 0. The minimum absolute atomic E-state index is 0.135. The van der Waals surface area contributed by atoms with E-state index in [1.54, 1.807) is 0 Å². The zero-order valence-corrected chi connectivity index (χ0v) is 20.6. The van der Waals surface area contributed by atoms with Crippen molar-refractivity contribution in [1.29, 1.82) is 0 Å². The van der Waals surface area contributed by atoms with Crippen LogP contribution >= 0.6 is 0 Å². The summed E-state index contributed by atoms with van der Waals surface area (Å²) in [5, 5.41) is 5.06. The first-order valence-electron chi connectivity index (χ1n) is 12.6. The van der Waals surface area contributed by atoms with Crippen LogP contribution in [0, 0.1) is 0 Å². The highest BCUT2D eigenvalue weighted by Crippen LogP contribution is 2.41. The highest BCUT2D eigenvalue weighted by atomic mass is 15.2. The summed E-state index contributed by atoms with van der Waals surface area (Å²) in [5.41, 5.74) is 9.77. The van der Waals surface area contributed by atoms with E-state index in [9.17, 15) is 0 Å². The second-order valence-electron chi connectivity index (χ2n) is 11.0. The molecular formula is C33H25N3. The van der Waals surface area contributed by atoms with Crippen LogP contribution in [0.1, 0.15) is 26.3 Å². The van der Waals surface area contributed by atoms with Crippen molar-refractivity contribution in [3.8, 4) is 11.1 Å². The predicted molar refractivity (Wildman–Crippen MR) is 151 cm³/mol. The molecule has 0 N–H and O–H groups in total. The molecule has 0 radical (unpaired) electrons. The van der Waals surface area contributed by atoms with Gasteiger partial charge in [0.05, 0.1) is 27.6 Å². The molecule has 3 heteroatoms. The van der Waals surface area contributed by atoms with Crippen LogP contribution in [0.15, 0.2) is 97.1 Å². The summed E-state index contributed by atoms with van der Waals surface area (Å²) in [6.07, 6.45) is 0. The van der Waals surface area contributed by atoms with Crippen LogP contribution in [0.25, 0.3) is 66.0 Å². The van der Waals surface area contributed by atoms with Crippen LogP contribution in [0.2, 0.25) is 0 Å². The van der Waals surface area contributed by atoms with E-state index < -0.39 is 0 Å². The first-order chi connectivity index (χ1) is 17.5. The fourth-order valence-corrected chi connectivity index (χ4v) is 5.92. The van der Waals surface area contributed by atoms with Crippen molar-refractivity contribution in [3.63, 3.8) is 0 Å². The van der Waals surface area contributed by atoms with Crippen LogP contribution in [0.4, 0.5) is 0 Å². The van der Waals surface area contributed by atoms with Crippen molar-refractivity contribution in [1.82, 2.24) is 13.8 Å². The molecule has 0 saturated heterocycles. The molecule has 0 aliphatic heterocycles. The molecule has 8 rings (SSSR count). The fraction of sp³-hybridized carbons (Fsp3) is 0.121. The maximum atomic E-state index is 5.10. The Kier molecular flexibility index (Phi) is 3.67. The van der Waals surface area contributed by atoms with E-state index in [1.807, 2.05) is 0 Å². The quantitative estimate of drug-likeness (QED) is 0.239. The lowest BCUT2D eigenvalue weighted by Crippen LogP contribution is -2.10. The zero-order chi connectivity index (χ0) is 24.2. The molecule has 0 spiro atoms. The first-order valence-corrected chi connectivity index (χ1v) is 12.6. The maximum absolute atomic E-state index is 5.10. The summed E-state index contributed by atoms with van der Waals surface area (Å²) in [5.74, 6) is 0.974. The van der Waals surface area contributed by atoms with Gasteiger partial charge in [0.25, 0.3) is 0 Å². The van der Waals surface area contributed by atoms with Gasteiger partial charge < -0.3 is 0 Å². The number of fused-ring (bicyclic) bond motifs is 9. The summed E-state index contributed by atoms with van der Waals surface area (Å²) in [4.78, 5) is 5.10. The van der Waals surface area contributed by atoms with Crippen molar-refractivity contribution in [2.24, 2.45) is 0 Å². The number of nitrogens with zero attached hydrogens (tertiary/aromatic N) is 3. The Labute approximate surface area is 208 Å². The lowest BCUT2D eigenvalue weighted by atomic mass is 9.86. The Hall–Kier alpha value is -4.37. The van der Waals surface area contributed by atoms with Crippen LogP contribution in [-0.2, 0) is 5.41 Å². The molecule has 0 atom stereocenters. The zero-order valence-electron chi connectivity index (χ0n) is 20.6. The van der Waals surface area contributed by atoms with Gasteiger partial charge in [0, 0.05) is 10.8 Å². The van der Waals surface area contributed by atoms with E-state index in [0.717, 1.165) is 16.8 Å². The molecular weight excluding hydrogens is 438 g/mol. The lowest BCUT2D eigenvalue weighted by Gasteiger charge is -2.19. The Balaban J connectivity index is 1.55. The number of benzene rings is 5. The van der Waals surface area contributed by atoms with Crippen molar-refractivity contribution in [2.75, 3.05) is 0 Å². The van der Waals surface area contributed by atoms with Gasteiger partial charge in [-0.1, -0.05) is 81.4 Å². The highest BCUT2D eigenvalue weighted by molar-refractivity contribution is 6.19. The predicted octanol–water partition coefficient (Wildman–Crippen LogP) is 8.60. The average molecular weight is 464 g/mol. The minimum atomic E-state index is 0.135. The third-order valence-corrected chi connectivity index (χ3v) is 7.78. The second kappa shape index (κ2) is 6.64. The largest absolute Gasteiger partial charge is 0.277 e. The third kappa shape index (κ3) is 2.55. The van der Waals surface area contributed by atoms with Gasteiger partial charge in [0.1, 0.15) is 0 Å². The monoisotopic (exact) mass is 463 g/mol. The molecule has 0 bridgehead atoms. The van der Waals surface area contributed by atoms with Gasteiger partial charge in [-0.25, -0.2) is 4.98 Å². The Morgan fingerprint density at radius 1 is 0.583 bits per heavy atom. The number of hydrogen-bond donors (Lipinski definition) is 0. The summed E-state index contributed by atoms with van der Waals surface area (Å²) < 4.78 is 4.69. The molecule has 0 aliphatic rings. The average Bonchev–Trinajstić information content (AvgIpc) is 3.52. The number of imidazole rings is 2. The second-order valence-corrected chi connectivity index (χ2v) is 11.0. The van der Waals surface area contributed by atoms with E-state index in [0.29, 0.717) is 0 Å². The molecule has 0 fully saturated rings. The van der Waals surface area contributed by atoms with E-state index >= 15 is 0 Å². The molecule has 3 heterocycles. The SMILES string of the molecule is CC(C)(C)c1ccc(-c2cc3c4cc5ccccc5cc4n4c3c(c2)n2c3ccccc3nc24)cc1. The summed E-state index contributed by atoms with van der Waals surface area (Å²) in [6.45, 7) is 6.79. The van der Waals surface area contributed by atoms with Gasteiger partial charge in [0.15, 0.2) is 0 Å². The van der Waals surface area contributed by atoms with E-state index in [1.165, 1.54) is 54.8 Å². The van der Waals surface area contributed by atoms with Crippen molar-refractivity contribution < 1.29 is 0 Å². The first kappa shape index (κ1) is 19.9. The Morgan fingerprint density at radius 3 is 2.08 bits per heavy atom. The molecule has 5 aromatic carbocycles. The van der Waals surface area contributed by atoms with Gasteiger partial charge in [0.2, 0.25) is 5.78 Å².